The number of carbonyl (C=O) groups is 1. The molecule has 2 aromatic carbocycles. The molecule has 0 bridgehead atoms. The predicted octanol–water partition coefficient (Wildman–Crippen LogP) is 3.60. The Labute approximate surface area is 152 Å². The lowest BCUT2D eigenvalue weighted by Gasteiger charge is -2.13. The monoisotopic (exact) mass is 355 g/mol. The van der Waals surface area contributed by atoms with Crippen LogP contribution in [-0.4, -0.2) is 34.2 Å². The molecule has 0 aromatic heterocycles. The maximum absolute atomic E-state index is 12.6. The number of ketones is 1. The van der Waals surface area contributed by atoms with Gasteiger partial charge in [-0.05, 0) is 35.9 Å². The van der Waals surface area contributed by atoms with Gasteiger partial charge in [-0.25, -0.2) is 0 Å². The van der Waals surface area contributed by atoms with E-state index in [1.165, 1.54) is 21.3 Å². The van der Waals surface area contributed by atoms with Gasteiger partial charge in [-0.3, -0.25) is 4.79 Å². The summed E-state index contributed by atoms with van der Waals surface area (Å²) in [6.45, 7) is 0. The fourth-order valence-corrected chi connectivity index (χ4v) is 2.62. The summed E-state index contributed by atoms with van der Waals surface area (Å²) >= 11 is 0. The fourth-order valence-electron chi connectivity index (χ4n) is 2.62. The van der Waals surface area contributed by atoms with Gasteiger partial charge in [0, 0.05) is 12.0 Å². The van der Waals surface area contributed by atoms with Gasteiger partial charge in [0.05, 0.1) is 40.4 Å². The number of benzene rings is 2. The van der Waals surface area contributed by atoms with Crippen molar-refractivity contribution in [1.29, 1.82) is 5.26 Å². The lowest BCUT2D eigenvalue weighted by molar-refractivity contribution is 0.0978. The quantitative estimate of drug-likeness (QED) is 0.673. The zero-order valence-electron chi connectivity index (χ0n) is 15.2. The third kappa shape index (κ3) is 4.06. The maximum atomic E-state index is 12.6. The number of nitrogens with zero attached hydrogens (tertiary/aromatic N) is 1. The average Bonchev–Trinajstić information content (AvgIpc) is 2.70. The highest BCUT2D eigenvalue weighted by atomic mass is 16.5. The van der Waals surface area contributed by atoms with E-state index in [0.717, 1.165) is 0 Å². The molecule has 2 aromatic rings. The Kier molecular flexibility index (Phi) is 6.45. The third-order valence-corrected chi connectivity index (χ3v) is 4.06. The lowest BCUT2D eigenvalue weighted by Crippen LogP contribution is -2.07. The first-order valence-electron chi connectivity index (χ1n) is 7.94. The summed E-state index contributed by atoms with van der Waals surface area (Å²) in [6, 6.07) is 12.3. The van der Waals surface area contributed by atoms with Crippen LogP contribution in [0.3, 0.4) is 0 Å². The number of Topliss-reactive ketones (excluding diaryl/α,β-unsaturated/α-hetero) is 1. The zero-order chi connectivity index (χ0) is 19.1. The van der Waals surface area contributed by atoms with Gasteiger partial charge >= 0.3 is 0 Å². The topological polar surface area (TPSA) is 77.8 Å². The second-order valence-corrected chi connectivity index (χ2v) is 5.49. The van der Waals surface area contributed by atoms with Crippen molar-refractivity contribution in [2.75, 3.05) is 28.4 Å². The SMILES string of the molecule is COc1ccc(C(=O)C[C@@H](C#N)c2ccc(OC)c(OC)c2)cc1OC. The van der Waals surface area contributed by atoms with E-state index in [2.05, 4.69) is 6.07 Å². The summed E-state index contributed by atoms with van der Waals surface area (Å²) in [5.41, 5.74) is 1.15. The lowest BCUT2D eigenvalue weighted by atomic mass is 9.92. The largest absolute Gasteiger partial charge is 0.493 e. The van der Waals surface area contributed by atoms with Crippen LogP contribution in [0.1, 0.15) is 28.3 Å². The van der Waals surface area contributed by atoms with E-state index in [-0.39, 0.29) is 12.2 Å². The summed E-state index contributed by atoms with van der Waals surface area (Å²) in [6.07, 6.45) is 0.0431. The molecule has 0 unspecified atom stereocenters. The van der Waals surface area contributed by atoms with E-state index in [1.54, 1.807) is 43.5 Å². The number of nitriles is 1. The Bertz CT molecular complexity index is 825. The number of rotatable bonds is 8. The van der Waals surface area contributed by atoms with Crippen LogP contribution in [0, 0.1) is 11.3 Å². The minimum Gasteiger partial charge on any atom is -0.493 e. The summed E-state index contributed by atoms with van der Waals surface area (Å²) in [5.74, 6) is 1.34. The molecule has 0 spiro atoms. The van der Waals surface area contributed by atoms with Crippen LogP contribution >= 0.6 is 0 Å². The fraction of sp³-hybridized carbons (Fsp3) is 0.300. The molecular weight excluding hydrogens is 334 g/mol. The van der Waals surface area contributed by atoms with Crippen molar-refractivity contribution in [1.82, 2.24) is 0 Å². The van der Waals surface area contributed by atoms with Gasteiger partial charge in [0.25, 0.3) is 0 Å². The molecule has 0 aliphatic heterocycles. The number of carbonyl (C=O) groups excluding carboxylic acids is 1. The number of hydrogen-bond acceptors (Lipinski definition) is 6. The van der Waals surface area contributed by atoms with Crippen LogP contribution < -0.4 is 18.9 Å². The molecule has 0 fully saturated rings. The summed E-state index contributed by atoms with van der Waals surface area (Å²) in [4.78, 5) is 12.6. The van der Waals surface area contributed by atoms with Crippen molar-refractivity contribution in [2.24, 2.45) is 0 Å². The maximum Gasteiger partial charge on any atom is 0.164 e. The third-order valence-electron chi connectivity index (χ3n) is 4.06. The highest BCUT2D eigenvalue weighted by Gasteiger charge is 2.20. The average molecular weight is 355 g/mol. The van der Waals surface area contributed by atoms with E-state index >= 15 is 0 Å². The molecule has 136 valence electrons. The van der Waals surface area contributed by atoms with Crippen LogP contribution in [0.4, 0.5) is 0 Å². The van der Waals surface area contributed by atoms with E-state index in [0.29, 0.717) is 34.1 Å². The highest BCUT2D eigenvalue weighted by molar-refractivity contribution is 5.97. The molecule has 0 saturated carbocycles. The zero-order valence-corrected chi connectivity index (χ0v) is 15.2. The van der Waals surface area contributed by atoms with Crippen LogP contribution in [0.2, 0.25) is 0 Å². The molecule has 0 radical (unpaired) electrons. The highest BCUT2D eigenvalue weighted by Crippen LogP contribution is 2.33. The molecule has 0 aliphatic rings. The normalized spacial score (nSPS) is 11.2. The van der Waals surface area contributed by atoms with Gasteiger partial charge in [-0.2, -0.15) is 5.26 Å². The van der Waals surface area contributed by atoms with Crippen molar-refractivity contribution >= 4 is 5.78 Å². The van der Waals surface area contributed by atoms with Gasteiger partial charge in [-0.1, -0.05) is 6.07 Å². The first-order chi connectivity index (χ1) is 12.6. The van der Waals surface area contributed by atoms with Gasteiger partial charge in [0.15, 0.2) is 28.8 Å². The number of methoxy groups -OCH3 is 4. The van der Waals surface area contributed by atoms with Crippen LogP contribution in [0.5, 0.6) is 23.0 Å². The Balaban J connectivity index is 2.25. The van der Waals surface area contributed by atoms with E-state index in [4.69, 9.17) is 18.9 Å². The molecule has 6 nitrogen and oxygen atoms in total. The molecule has 26 heavy (non-hydrogen) atoms. The Morgan fingerprint density at radius 2 is 1.42 bits per heavy atom. The van der Waals surface area contributed by atoms with Gasteiger partial charge < -0.3 is 18.9 Å². The van der Waals surface area contributed by atoms with Gasteiger partial charge in [0.2, 0.25) is 0 Å². The standard InChI is InChI=1S/C20H21NO5/c1-23-17-7-5-13(10-19(17)25-3)15(12-21)9-16(22)14-6-8-18(24-2)20(11-14)26-4/h5-8,10-11,15H,9H2,1-4H3/t15-/m0/s1. The Morgan fingerprint density at radius 3 is 1.96 bits per heavy atom. The van der Waals surface area contributed by atoms with Gasteiger partial charge in [-0.15, -0.1) is 0 Å². The van der Waals surface area contributed by atoms with Crippen molar-refractivity contribution in [3.63, 3.8) is 0 Å². The van der Waals surface area contributed by atoms with Gasteiger partial charge in [0.1, 0.15) is 0 Å². The van der Waals surface area contributed by atoms with E-state index in [9.17, 15) is 10.1 Å². The molecule has 0 aliphatic carbocycles. The van der Waals surface area contributed by atoms with E-state index < -0.39 is 5.92 Å². The number of ether oxygens (including phenoxy) is 4. The van der Waals surface area contributed by atoms with Crippen molar-refractivity contribution in [3.8, 4) is 29.1 Å². The second kappa shape index (κ2) is 8.77. The second-order valence-electron chi connectivity index (χ2n) is 5.49. The minimum absolute atomic E-state index is 0.0431. The van der Waals surface area contributed by atoms with Crippen LogP contribution in [0.25, 0.3) is 0 Å². The molecule has 6 heteroatoms. The molecule has 0 N–H and O–H groups in total. The summed E-state index contributed by atoms with van der Waals surface area (Å²) < 4.78 is 20.9. The number of hydrogen-bond donors (Lipinski definition) is 0. The van der Waals surface area contributed by atoms with E-state index in [1.807, 2.05) is 0 Å². The predicted molar refractivity (Wildman–Crippen MR) is 96.4 cm³/mol. The Hall–Kier alpha value is -3.20. The van der Waals surface area contributed by atoms with Crippen LogP contribution in [0.15, 0.2) is 36.4 Å². The van der Waals surface area contributed by atoms with Crippen molar-refractivity contribution in [3.05, 3.63) is 47.5 Å². The summed E-state index contributed by atoms with van der Waals surface area (Å²) in [7, 11) is 6.10. The van der Waals surface area contributed by atoms with Crippen LogP contribution in [-0.2, 0) is 0 Å². The van der Waals surface area contributed by atoms with Crippen molar-refractivity contribution in [2.45, 2.75) is 12.3 Å². The first kappa shape index (κ1) is 19.1. The molecule has 0 saturated heterocycles. The smallest absolute Gasteiger partial charge is 0.164 e. The molecule has 1 atom stereocenters. The molecule has 2 rings (SSSR count). The molecule has 0 amide bonds. The minimum atomic E-state index is -0.601. The van der Waals surface area contributed by atoms with Crippen molar-refractivity contribution < 1.29 is 23.7 Å². The first-order valence-corrected chi connectivity index (χ1v) is 7.94. The molecular formula is C20H21NO5. The Morgan fingerprint density at radius 1 is 0.885 bits per heavy atom. The summed E-state index contributed by atoms with van der Waals surface area (Å²) in [5, 5.41) is 9.53. The molecule has 0 heterocycles.